The van der Waals surface area contributed by atoms with Gasteiger partial charge >= 0.3 is 0 Å². The van der Waals surface area contributed by atoms with Gasteiger partial charge in [-0.3, -0.25) is 9.69 Å². The monoisotopic (exact) mass is 287 g/mol. The van der Waals surface area contributed by atoms with Crippen molar-refractivity contribution in [3.05, 3.63) is 35.6 Å². The van der Waals surface area contributed by atoms with Crippen molar-refractivity contribution >= 4 is 16.9 Å². The van der Waals surface area contributed by atoms with Crippen LogP contribution >= 0.6 is 0 Å². The Morgan fingerprint density at radius 1 is 1.33 bits per heavy atom. The lowest BCUT2D eigenvalue weighted by molar-refractivity contribution is 0.0922. The zero-order valence-electron chi connectivity index (χ0n) is 12.3. The van der Waals surface area contributed by atoms with Crippen molar-refractivity contribution in [2.45, 2.75) is 6.92 Å². The molecule has 5 heteroatoms. The zero-order valence-corrected chi connectivity index (χ0v) is 12.3. The molecule has 5 nitrogen and oxygen atoms in total. The highest BCUT2D eigenvalue weighted by atomic mass is 16.3. The van der Waals surface area contributed by atoms with Gasteiger partial charge in [-0.2, -0.15) is 0 Å². The van der Waals surface area contributed by atoms with Crippen LogP contribution in [0.4, 0.5) is 0 Å². The van der Waals surface area contributed by atoms with Gasteiger partial charge in [-0.1, -0.05) is 11.6 Å². The molecule has 1 fully saturated rings. The highest BCUT2D eigenvalue weighted by Gasteiger charge is 2.13. The summed E-state index contributed by atoms with van der Waals surface area (Å²) < 4.78 is 5.59. The molecule has 0 radical (unpaired) electrons. The van der Waals surface area contributed by atoms with Gasteiger partial charge in [0.15, 0.2) is 5.76 Å². The van der Waals surface area contributed by atoms with Crippen LogP contribution in [0.25, 0.3) is 11.0 Å². The first-order chi connectivity index (χ1) is 10.2. The molecule has 2 heterocycles. The second-order valence-electron chi connectivity index (χ2n) is 5.50. The van der Waals surface area contributed by atoms with Crippen LogP contribution in [0, 0.1) is 6.92 Å². The molecule has 1 aromatic heterocycles. The average molecular weight is 287 g/mol. The maximum Gasteiger partial charge on any atom is 0.287 e. The summed E-state index contributed by atoms with van der Waals surface area (Å²) >= 11 is 0. The third-order valence-corrected chi connectivity index (χ3v) is 3.82. The predicted molar refractivity (Wildman–Crippen MR) is 82.6 cm³/mol. The van der Waals surface area contributed by atoms with E-state index in [0.29, 0.717) is 12.3 Å². The Hall–Kier alpha value is -1.85. The van der Waals surface area contributed by atoms with Gasteiger partial charge in [-0.15, -0.1) is 0 Å². The summed E-state index contributed by atoms with van der Waals surface area (Å²) in [6, 6.07) is 7.72. The maximum absolute atomic E-state index is 12.1. The van der Waals surface area contributed by atoms with Crippen molar-refractivity contribution in [1.82, 2.24) is 15.5 Å². The highest BCUT2D eigenvalue weighted by Crippen LogP contribution is 2.20. The van der Waals surface area contributed by atoms with Gasteiger partial charge in [0.25, 0.3) is 5.91 Å². The fourth-order valence-electron chi connectivity index (χ4n) is 2.62. The number of carbonyl (C=O) groups excluding carboxylic acids is 1. The summed E-state index contributed by atoms with van der Waals surface area (Å²) in [4.78, 5) is 14.5. The van der Waals surface area contributed by atoms with Gasteiger partial charge < -0.3 is 15.1 Å². The van der Waals surface area contributed by atoms with E-state index in [1.54, 1.807) is 0 Å². The zero-order chi connectivity index (χ0) is 14.7. The second kappa shape index (κ2) is 6.28. The minimum absolute atomic E-state index is 0.140. The molecule has 0 bridgehead atoms. The smallest absolute Gasteiger partial charge is 0.287 e. The molecule has 1 amide bonds. The molecule has 0 atom stereocenters. The molecule has 2 N–H and O–H groups in total. The number of hydrogen-bond donors (Lipinski definition) is 2. The number of benzene rings is 1. The van der Waals surface area contributed by atoms with Gasteiger partial charge in [0.1, 0.15) is 5.58 Å². The van der Waals surface area contributed by atoms with Crippen LogP contribution in [0.3, 0.4) is 0 Å². The molecule has 0 saturated carbocycles. The number of carbonyl (C=O) groups is 1. The lowest BCUT2D eigenvalue weighted by atomic mass is 10.2. The number of piperazine rings is 1. The van der Waals surface area contributed by atoms with E-state index < -0.39 is 0 Å². The SMILES string of the molecule is Cc1ccc2oc(C(=O)NCCN3CCNCC3)cc2c1. The molecule has 21 heavy (non-hydrogen) atoms. The number of amides is 1. The maximum atomic E-state index is 12.1. The van der Waals surface area contributed by atoms with Gasteiger partial charge in [-0.25, -0.2) is 0 Å². The Morgan fingerprint density at radius 2 is 2.14 bits per heavy atom. The van der Waals surface area contributed by atoms with Crippen LogP contribution in [-0.4, -0.2) is 50.1 Å². The van der Waals surface area contributed by atoms with Crippen molar-refractivity contribution in [3.8, 4) is 0 Å². The van der Waals surface area contributed by atoms with E-state index in [0.717, 1.165) is 49.3 Å². The van der Waals surface area contributed by atoms with E-state index in [9.17, 15) is 4.79 Å². The van der Waals surface area contributed by atoms with Crippen LogP contribution in [0.1, 0.15) is 16.1 Å². The minimum Gasteiger partial charge on any atom is -0.451 e. The van der Waals surface area contributed by atoms with Crippen molar-refractivity contribution in [1.29, 1.82) is 0 Å². The van der Waals surface area contributed by atoms with Crippen LogP contribution in [0.15, 0.2) is 28.7 Å². The van der Waals surface area contributed by atoms with Crippen LogP contribution in [0.2, 0.25) is 0 Å². The van der Waals surface area contributed by atoms with E-state index >= 15 is 0 Å². The second-order valence-corrected chi connectivity index (χ2v) is 5.50. The molecule has 1 aliphatic heterocycles. The first-order valence-corrected chi connectivity index (χ1v) is 7.44. The largest absolute Gasteiger partial charge is 0.451 e. The number of aryl methyl sites for hydroxylation is 1. The number of furan rings is 1. The summed E-state index contributed by atoms with van der Waals surface area (Å²) in [6.07, 6.45) is 0. The lowest BCUT2D eigenvalue weighted by Crippen LogP contribution is -2.46. The summed E-state index contributed by atoms with van der Waals surface area (Å²) in [5, 5.41) is 7.22. The molecule has 2 aromatic rings. The van der Waals surface area contributed by atoms with E-state index in [-0.39, 0.29) is 5.91 Å². The third kappa shape index (κ3) is 3.43. The molecular formula is C16H21N3O2. The summed E-state index contributed by atoms with van der Waals surface area (Å²) in [6.45, 7) is 7.69. The quantitative estimate of drug-likeness (QED) is 0.892. The summed E-state index contributed by atoms with van der Waals surface area (Å²) in [7, 11) is 0. The average Bonchev–Trinajstić information content (AvgIpc) is 2.91. The van der Waals surface area contributed by atoms with E-state index in [1.807, 2.05) is 31.2 Å². The first-order valence-electron chi connectivity index (χ1n) is 7.44. The van der Waals surface area contributed by atoms with Crippen molar-refractivity contribution in [3.63, 3.8) is 0 Å². The molecule has 1 aliphatic rings. The van der Waals surface area contributed by atoms with Crippen molar-refractivity contribution in [2.24, 2.45) is 0 Å². The molecule has 112 valence electrons. The normalized spacial score (nSPS) is 16.2. The van der Waals surface area contributed by atoms with E-state index in [2.05, 4.69) is 15.5 Å². The molecule has 3 rings (SSSR count). The Bertz CT molecular complexity index is 629. The Kier molecular flexibility index (Phi) is 4.22. The Balaban J connectivity index is 1.56. The number of fused-ring (bicyclic) bond motifs is 1. The summed E-state index contributed by atoms with van der Waals surface area (Å²) in [5.74, 6) is 0.245. The fourth-order valence-corrected chi connectivity index (χ4v) is 2.62. The minimum atomic E-state index is -0.140. The highest BCUT2D eigenvalue weighted by molar-refractivity contribution is 5.96. The van der Waals surface area contributed by atoms with E-state index in [4.69, 9.17) is 4.42 Å². The Labute approximate surface area is 124 Å². The fraction of sp³-hybridized carbons (Fsp3) is 0.438. The Morgan fingerprint density at radius 3 is 2.95 bits per heavy atom. The molecule has 0 spiro atoms. The summed E-state index contributed by atoms with van der Waals surface area (Å²) in [5.41, 5.74) is 1.92. The number of rotatable bonds is 4. The van der Waals surface area contributed by atoms with Gasteiger partial charge in [-0.05, 0) is 25.1 Å². The van der Waals surface area contributed by atoms with Crippen LogP contribution in [-0.2, 0) is 0 Å². The predicted octanol–water partition coefficient (Wildman–Crippen LogP) is 1.38. The standard InChI is InChI=1S/C16H21N3O2/c1-12-2-3-14-13(10-12)11-15(21-14)16(20)18-6-9-19-7-4-17-5-8-19/h2-3,10-11,17H,4-9H2,1H3,(H,18,20). The van der Waals surface area contributed by atoms with Gasteiger partial charge in [0, 0.05) is 44.7 Å². The number of hydrogen-bond acceptors (Lipinski definition) is 4. The van der Waals surface area contributed by atoms with E-state index in [1.165, 1.54) is 0 Å². The molecule has 0 aliphatic carbocycles. The number of nitrogens with one attached hydrogen (secondary N) is 2. The molecular weight excluding hydrogens is 266 g/mol. The molecule has 0 unspecified atom stereocenters. The molecule has 1 aromatic carbocycles. The first kappa shape index (κ1) is 14.1. The third-order valence-electron chi connectivity index (χ3n) is 3.82. The molecule has 1 saturated heterocycles. The number of nitrogens with zero attached hydrogens (tertiary/aromatic N) is 1. The van der Waals surface area contributed by atoms with Gasteiger partial charge in [0.2, 0.25) is 0 Å². The lowest BCUT2D eigenvalue weighted by Gasteiger charge is -2.26. The van der Waals surface area contributed by atoms with Crippen molar-refractivity contribution < 1.29 is 9.21 Å². The van der Waals surface area contributed by atoms with Crippen LogP contribution < -0.4 is 10.6 Å². The van der Waals surface area contributed by atoms with Gasteiger partial charge in [0.05, 0.1) is 0 Å². The van der Waals surface area contributed by atoms with Crippen LogP contribution in [0.5, 0.6) is 0 Å². The van der Waals surface area contributed by atoms with Crippen molar-refractivity contribution in [2.75, 3.05) is 39.3 Å². The topological polar surface area (TPSA) is 57.5 Å².